The molecular formula is C29H43N5. The van der Waals surface area contributed by atoms with E-state index in [0.717, 1.165) is 36.8 Å². The van der Waals surface area contributed by atoms with Gasteiger partial charge in [-0.15, -0.1) is 0 Å². The van der Waals surface area contributed by atoms with E-state index in [9.17, 15) is 0 Å². The number of rotatable bonds is 5. The highest BCUT2D eigenvalue weighted by Gasteiger charge is 2.28. The number of benzene rings is 1. The van der Waals surface area contributed by atoms with Gasteiger partial charge in [-0.3, -0.25) is 25.4 Å². The van der Waals surface area contributed by atoms with Crippen LogP contribution in [0.5, 0.6) is 0 Å². The summed E-state index contributed by atoms with van der Waals surface area (Å²) < 4.78 is 0. The van der Waals surface area contributed by atoms with E-state index in [1.807, 2.05) is 71.9 Å². The molecule has 3 heterocycles. The number of nitrogens with one attached hydrogen (secondary N) is 1. The summed E-state index contributed by atoms with van der Waals surface area (Å²) in [7, 11) is 0. The highest BCUT2D eigenvalue weighted by molar-refractivity contribution is 6.06. The SMILES string of the molecule is CC.CC.CC.CC/C=c1/cccc/c1=C/CC1CN=C2C=CC(=NCc3ccccn3)NN21. The van der Waals surface area contributed by atoms with Crippen LogP contribution in [0, 0.1) is 0 Å². The highest BCUT2D eigenvalue weighted by atomic mass is 15.6. The number of aromatic nitrogens is 1. The maximum Gasteiger partial charge on any atom is 0.142 e. The number of aliphatic imine (C=N–C) groups is 2. The van der Waals surface area contributed by atoms with Crippen LogP contribution >= 0.6 is 0 Å². The van der Waals surface area contributed by atoms with Gasteiger partial charge in [-0.05, 0) is 47.6 Å². The van der Waals surface area contributed by atoms with Gasteiger partial charge in [0.15, 0.2) is 0 Å². The van der Waals surface area contributed by atoms with Crippen LogP contribution < -0.4 is 15.9 Å². The lowest BCUT2D eigenvalue weighted by atomic mass is 10.1. The lowest BCUT2D eigenvalue weighted by molar-refractivity contribution is 0.310. The van der Waals surface area contributed by atoms with Crippen LogP contribution in [0.25, 0.3) is 12.2 Å². The third kappa shape index (κ3) is 8.62. The van der Waals surface area contributed by atoms with E-state index in [2.05, 4.69) is 68.7 Å². The molecule has 184 valence electrons. The van der Waals surface area contributed by atoms with Crippen molar-refractivity contribution in [1.29, 1.82) is 0 Å². The average molecular weight is 462 g/mol. The molecule has 0 saturated heterocycles. The number of fused-ring (bicyclic) bond motifs is 1. The van der Waals surface area contributed by atoms with Gasteiger partial charge in [0.25, 0.3) is 0 Å². The Morgan fingerprint density at radius 3 is 2.26 bits per heavy atom. The van der Waals surface area contributed by atoms with Crippen molar-refractivity contribution in [3.05, 3.63) is 76.9 Å². The van der Waals surface area contributed by atoms with Gasteiger partial charge in [0.05, 0.1) is 24.8 Å². The average Bonchev–Trinajstić information content (AvgIpc) is 3.33. The lowest BCUT2D eigenvalue weighted by Crippen LogP contribution is -2.50. The Bertz CT molecular complexity index is 1020. The van der Waals surface area contributed by atoms with Crippen LogP contribution in [0.1, 0.15) is 67.0 Å². The van der Waals surface area contributed by atoms with Gasteiger partial charge in [0.1, 0.15) is 11.7 Å². The van der Waals surface area contributed by atoms with Gasteiger partial charge in [-0.1, -0.05) is 91.0 Å². The number of hydrogen-bond donors (Lipinski definition) is 1. The summed E-state index contributed by atoms with van der Waals surface area (Å²) in [5.74, 6) is 1.82. The third-order valence-electron chi connectivity index (χ3n) is 4.87. The topological polar surface area (TPSA) is 52.9 Å². The van der Waals surface area contributed by atoms with Crippen molar-refractivity contribution >= 4 is 23.8 Å². The smallest absolute Gasteiger partial charge is 0.142 e. The van der Waals surface area contributed by atoms with Gasteiger partial charge in [0.2, 0.25) is 0 Å². The van der Waals surface area contributed by atoms with Gasteiger partial charge >= 0.3 is 0 Å². The molecule has 4 rings (SSSR count). The van der Waals surface area contributed by atoms with Gasteiger partial charge in [0, 0.05) is 6.20 Å². The second-order valence-corrected chi connectivity index (χ2v) is 6.87. The fourth-order valence-electron chi connectivity index (χ4n) is 3.43. The summed E-state index contributed by atoms with van der Waals surface area (Å²) >= 11 is 0. The monoisotopic (exact) mass is 461 g/mol. The molecule has 5 heteroatoms. The number of pyridine rings is 1. The van der Waals surface area contributed by atoms with Crippen LogP contribution in [-0.2, 0) is 6.54 Å². The van der Waals surface area contributed by atoms with E-state index >= 15 is 0 Å². The molecule has 2 aliphatic rings. The van der Waals surface area contributed by atoms with E-state index in [-0.39, 0.29) is 6.04 Å². The number of hydrogen-bond acceptors (Lipinski definition) is 4. The second-order valence-electron chi connectivity index (χ2n) is 6.87. The zero-order chi connectivity index (χ0) is 25.2. The van der Waals surface area contributed by atoms with Crippen molar-refractivity contribution in [2.75, 3.05) is 6.54 Å². The second kappa shape index (κ2) is 17.3. The van der Waals surface area contributed by atoms with E-state index in [1.54, 1.807) is 6.20 Å². The Balaban J connectivity index is 0.000000894. The Labute approximate surface area is 206 Å². The molecule has 1 aromatic carbocycles. The molecule has 2 aliphatic heterocycles. The molecule has 0 amide bonds. The van der Waals surface area contributed by atoms with Crippen LogP contribution in [0.4, 0.5) is 0 Å². The summed E-state index contributed by atoms with van der Waals surface area (Å²) in [5.41, 5.74) is 4.38. The molecule has 34 heavy (non-hydrogen) atoms. The summed E-state index contributed by atoms with van der Waals surface area (Å²) in [6.45, 7) is 15.5. The Morgan fingerprint density at radius 2 is 1.62 bits per heavy atom. The minimum absolute atomic E-state index is 0.287. The van der Waals surface area contributed by atoms with Gasteiger partial charge < -0.3 is 0 Å². The first-order valence-corrected chi connectivity index (χ1v) is 12.8. The maximum absolute atomic E-state index is 4.66. The molecule has 2 aromatic rings. The highest BCUT2D eigenvalue weighted by Crippen LogP contribution is 2.15. The van der Waals surface area contributed by atoms with Crippen LogP contribution in [0.2, 0.25) is 0 Å². The van der Waals surface area contributed by atoms with Crippen LogP contribution in [-0.4, -0.2) is 34.3 Å². The van der Waals surface area contributed by atoms with Crippen LogP contribution in [0.3, 0.4) is 0 Å². The first-order valence-electron chi connectivity index (χ1n) is 12.8. The standard InChI is InChI=1S/C23H25N5.3C2H6/c1-2-7-18-8-3-4-9-19(18)11-12-21-17-26-23-14-13-22(27-28(21)23)25-16-20-10-5-6-15-24-20;3*1-2/h3-11,13-15,21H,2,12,16-17H2,1H3,(H,25,27);3*1-2H3/b18-7-,19-11-;;;. The van der Waals surface area contributed by atoms with E-state index in [0.29, 0.717) is 6.54 Å². The molecule has 1 aromatic heterocycles. The summed E-state index contributed by atoms with van der Waals surface area (Å²) in [6.07, 6.45) is 12.4. The molecule has 0 fully saturated rings. The third-order valence-corrected chi connectivity index (χ3v) is 4.87. The molecule has 1 unspecified atom stereocenters. The van der Waals surface area contributed by atoms with Crippen molar-refractivity contribution < 1.29 is 0 Å². The fraction of sp³-hybridized carbons (Fsp3) is 0.414. The molecular weight excluding hydrogens is 418 g/mol. The normalized spacial score (nSPS) is 17.9. The summed E-state index contributed by atoms with van der Waals surface area (Å²) in [6, 6.07) is 14.7. The summed E-state index contributed by atoms with van der Waals surface area (Å²) in [5, 5.41) is 4.72. The molecule has 0 radical (unpaired) electrons. The Kier molecular flexibility index (Phi) is 14.7. The predicted octanol–water partition coefficient (Wildman–Crippen LogP) is 5.28. The van der Waals surface area contributed by atoms with Gasteiger partial charge in [-0.2, -0.15) is 0 Å². The van der Waals surface area contributed by atoms with Crippen molar-refractivity contribution in [3.63, 3.8) is 0 Å². The largest absolute Gasteiger partial charge is 0.280 e. The van der Waals surface area contributed by atoms with Gasteiger partial charge in [-0.25, -0.2) is 0 Å². The van der Waals surface area contributed by atoms with E-state index in [4.69, 9.17) is 0 Å². The Hall–Kier alpha value is -3.21. The zero-order valence-corrected chi connectivity index (χ0v) is 22.1. The van der Waals surface area contributed by atoms with E-state index < -0.39 is 0 Å². The lowest BCUT2D eigenvalue weighted by Gasteiger charge is -2.30. The van der Waals surface area contributed by atoms with Crippen LogP contribution in [0.15, 0.2) is 70.8 Å². The summed E-state index contributed by atoms with van der Waals surface area (Å²) in [4.78, 5) is 13.6. The van der Waals surface area contributed by atoms with Crippen molar-refractivity contribution in [2.24, 2.45) is 9.98 Å². The Morgan fingerprint density at radius 1 is 0.941 bits per heavy atom. The fourth-order valence-corrected chi connectivity index (χ4v) is 3.43. The number of amidine groups is 2. The first-order chi connectivity index (χ1) is 16.8. The van der Waals surface area contributed by atoms with Crippen molar-refractivity contribution in [1.82, 2.24) is 15.4 Å². The molecule has 0 aliphatic carbocycles. The zero-order valence-electron chi connectivity index (χ0n) is 22.1. The van der Waals surface area contributed by atoms with Crippen molar-refractivity contribution in [2.45, 2.75) is 73.9 Å². The molecule has 1 atom stereocenters. The molecule has 0 spiro atoms. The molecule has 5 nitrogen and oxygen atoms in total. The van der Waals surface area contributed by atoms with Crippen molar-refractivity contribution in [3.8, 4) is 0 Å². The first kappa shape index (κ1) is 28.8. The quantitative estimate of drug-likeness (QED) is 0.659. The molecule has 0 saturated carbocycles. The maximum atomic E-state index is 4.66. The minimum atomic E-state index is 0.287. The molecule has 0 bridgehead atoms. The molecule has 1 N–H and O–H groups in total. The number of nitrogens with zero attached hydrogens (tertiary/aromatic N) is 4. The minimum Gasteiger partial charge on any atom is -0.280 e. The predicted molar refractivity (Wildman–Crippen MR) is 149 cm³/mol. The van der Waals surface area contributed by atoms with E-state index in [1.165, 1.54) is 10.4 Å². The number of hydrazine groups is 1.